The number of carboxylic acids is 3. The van der Waals surface area contributed by atoms with Crippen LogP contribution in [0.15, 0.2) is 243 Å². The van der Waals surface area contributed by atoms with Gasteiger partial charge in [0.15, 0.2) is 17.5 Å². The lowest BCUT2D eigenvalue weighted by Gasteiger charge is -2.38. The normalized spacial score (nSPS) is 17.6. The topological polar surface area (TPSA) is 385 Å². The first-order chi connectivity index (χ1) is 71.2. The fourth-order valence-corrected chi connectivity index (χ4v) is 22.5. The molecule has 6 amide bonds. The van der Waals surface area contributed by atoms with Crippen molar-refractivity contribution in [2.75, 3.05) is 39.3 Å². The van der Waals surface area contributed by atoms with Crippen LogP contribution in [0.5, 0.6) is 0 Å². The molecule has 26 nitrogen and oxygen atoms in total. The number of nitrogens with one attached hydrogen (secondary N) is 3. The summed E-state index contributed by atoms with van der Waals surface area (Å²) in [6.45, 7) is 17.4. The molecule has 0 bridgehead atoms. The number of aromatic nitrogens is 6. The second-order valence-electron chi connectivity index (χ2n) is 41.6. The third-order valence-electron chi connectivity index (χ3n) is 29.7. The van der Waals surface area contributed by atoms with Gasteiger partial charge in [-0.15, -0.1) is 34.0 Å². The Morgan fingerprint density at radius 1 is 0.378 bits per heavy atom. The summed E-state index contributed by atoms with van der Waals surface area (Å²) in [6, 6.07) is 70.1. The number of hydrogen-bond acceptors (Lipinski definition) is 20. The maximum absolute atomic E-state index is 13.5. The van der Waals surface area contributed by atoms with E-state index in [0.29, 0.717) is 43.9 Å². The number of likely N-dealkylation sites (tertiary alicyclic amines) is 3. The van der Waals surface area contributed by atoms with E-state index in [9.17, 15) is 69.0 Å². The van der Waals surface area contributed by atoms with E-state index in [-0.39, 0.29) is 93.5 Å². The van der Waals surface area contributed by atoms with Gasteiger partial charge in [-0.3, -0.25) is 43.2 Å². The average Bonchev–Trinajstić information content (AvgIpc) is 1.61. The number of carbonyl (C=O) groups is 9. The van der Waals surface area contributed by atoms with Crippen molar-refractivity contribution in [3.63, 3.8) is 0 Å². The quantitative estimate of drug-likeness (QED) is 0.0235. The summed E-state index contributed by atoms with van der Waals surface area (Å²) in [7, 11) is 0. The number of thiophene rings is 3. The molecule has 3 aliphatic heterocycles. The minimum atomic E-state index is -0.946. The van der Waals surface area contributed by atoms with Gasteiger partial charge in [-0.05, 0) is 198 Å². The van der Waals surface area contributed by atoms with E-state index in [4.69, 9.17) is 0 Å². The van der Waals surface area contributed by atoms with E-state index >= 15 is 0 Å². The van der Waals surface area contributed by atoms with Crippen LogP contribution >= 0.6 is 34.0 Å². The van der Waals surface area contributed by atoms with Crippen LogP contribution in [0, 0.1) is 52.3 Å². The minimum Gasteiger partial charge on any atom is -0.481 e. The number of benzene rings is 7. The Bertz CT molecular complexity index is 7020. The van der Waals surface area contributed by atoms with Crippen molar-refractivity contribution in [1.82, 2.24) is 60.6 Å². The zero-order chi connectivity index (χ0) is 104. The summed E-state index contributed by atoms with van der Waals surface area (Å²) in [4.78, 5) is 151. The molecule has 0 radical (unpaired) electrons. The molecule has 9 heterocycles. The highest BCUT2D eigenvalue weighted by molar-refractivity contribution is 7.15. The van der Waals surface area contributed by atoms with Crippen molar-refractivity contribution in [2.24, 2.45) is 29.6 Å². The zero-order valence-corrected chi connectivity index (χ0v) is 86.8. The number of amides is 6. The molecule has 19 rings (SSSR count). The van der Waals surface area contributed by atoms with E-state index in [1.807, 2.05) is 110 Å². The van der Waals surface area contributed by atoms with Crippen LogP contribution in [0.2, 0.25) is 0 Å². The molecule has 29 heteroatoms. The highest BCUT2D eigenvalue weighted by Gasteiger charge is 2.47. The molecule has 3 saturated heterocycles. The fourth-order valence-electron chi connectivity index (χ4n) is 19.5. The molecule has 6 aromatic heterocycles. The van der Waals surface area contributed by atoms with E-state index in [1.165, 1.54) is 129 Å². The predicted octanol–water partition coefficient (Wildman–Crippen LogP) is 21.1. The lowest BCUT2D eigenvalue weighted by molar-refractivity contribution is -0.155. The molecule has 6 fully saturated rings. The molecule has 3 saturated carbocycles. The molecule has 0 spiro atoms. The average molecular weight is 2040 g/mol. The van der Waals surface area contributed by atoms with E-state index in [2.05, 4.69) is 197 Å². The number of carboxylic acid groups (broad SMARTS) is 3. The molecular weight excluding hydrogens is 1910 g/mol. The van der Waals surface area contributed by atoms with Crippen molar-refractivity contribution in [2.45, 2.75) is 198 Å². The number of rotatable bonds is 31. The van der Waals surface area contributed by atoms with Gasteiger partial charge in [0.1, 0.15) is 18.1 Å². The van der Waals surface area contributed by atoms with Gasteiger partial charge < -0.3 is 46.0 Å². The van der Waals surface area contributed by atoms with Crippen LogP contribution in [0.4, 0.5) is 0 Å². The van der Waals surface area contributed by atoms with Gasteiger partial charge in [0.05, 0.1) is 55.4 Å². The van der Waals surface area contributed by atoms with Crippen LogP contribution in [0.1, 0.15) is 215 Å². The smallest absolute Gasteiger partial charge is 0.310 e. The molecule has 758 valence electrons. The summed E-state index contributed by atoms with van der Waals surface area (Å²) in [6.07, 6.45) is 25.9. The first-order valence-electron chi connectivity index (χ1n) is 51.0. The molecule has 3 aliphatic carbocycles. The van der Waals surface area contributed by atoms with Gasteiger partial charge in [0.2, 0.25) is 17.7 Å². The van der Waals surface area contributed by atoms with Crippen LogP contribution in [0.3, 0.4) is 0 Å². The molecule has 0 unspecified atom stereocenters. The predicted molar refractivity (Wildman–Crippen MR) is 574 cm³/mol. The van der Waals surface area contributed by atoms with Gasteiger partial charge in [-0.2, -0.15) is 10.5 Å². The van der Waals surface area contributed by atoms with Gasteiger partial charge in [-0.1, -0.05) is 231 Å². The molecule has 13 aromatic rings. The Hall–Kier alpha value is -14.9. The van der Waals surface area contributed by atoms with Gasteiger partial charge in [0.25, 0.3) is 17.7 Å². The highest BCUT2D eigenvalue weighted by atomic mass is 32.1. The SMILES string of the molecule is CC1CCC(c2ccc(-c3cnc(-c4ccc(C[C@H](NC(=O)c5ccc(C(C)(C)C)s5)C(=O)N5CC(C(=O)O)C5)cc4)nc3)cc2)CC1.CCC1CCC(c2ccc(-c3cnc(-c4ccc(C[C@H](NC(=O)c5ccc(C6(C#N)CC6)s5)C(=O)N5CC(C(=O)O)C5)cc4)nc3)cc2)CC1.CCc1ccc(-c2ccc(-c3cnc(-c4ccc(C[C@H](NC(=O)c5ccc(C(C)(C)C#N)s5)C(=O)N5CC(C(=O)O)C5)cc4)nc3)cc2)cc1. The van der Waals surface area contributed by atoms with E-state index in [0.717, 1.165) is 118 Å². The largest absolute Gasteiger partial charge is 0.481 e. The fraction of sp³-hybridized carbons (Fsp3) is 0.353. The second kappa shape index (κ2) is 46.0. The summed E-state index contributed by atoms with van der Waals surface area (Å²) >= 11 is 3.91. The Labute approximate surface area is 874 Å². The van der Waals surface area contributed by atoms with E-state index < -0.39 is 70.5 Å². The summed E-state index contributed by atoms with van der Waals surface area (Å²) in [5, 5.41) is 55.7. The third-order valence-corrected chi connectivity index (χ3v) is 33.9. The van der Waals surface area contributed by atoms with Crippen molar-refractivity contribution in [1.29, 1.82) is 10.5 Å². The number of carbonyl (C=O) groups excluding carboxylic acids is 6. The number of aliphatic carboxylic acids is 3. The van der Waals surface area contributed by atoms with Gasteiger partial charge >= 0.3 is 17.9 Å². The maximum Gasteiger partial charge on any atom is 0.310 e. The third kappa shape index (κ3) is 25.1. The standard InChI is InChI=1S/C40H41N5O4S.C40H37N5O4S.C39H44N4O4S/c1-2-25-3-7-27(8-4-25)28-11-13-29(14-12-28)31-20-42-36(43-21-31)30-9-5-26(6-10-30)19-33(38(47)45-22-32(23-45)39(48)49)44-37(46)34-15-16-35(50-34)40(24-41)17-18-40;1-4-25-5-9-27(10-6-25)28-13-15-29(16-14-28)31-20-42-36(43-21-31)30-11-7-26(8-12-30)19-33(38(47)45-22-32(23-45)39(48)49)44-37(46)34-17-18-35(50-34)40(2,3)24-41;1-24-5-9-26(10-6-24)27-13-15-28(16-14-27)30-20-40-35(41-21-30)29-11-7-25(8-12-29)19-32(37(45)43-22-31(23-43)38(46)47)42-36(44)33-17-18-34(48-33)39(2,3)4/h5-6,9-16,20-21,25,27,32-33H,2-4,7-8,17-19,22-23H2,1H3,(H,44,46)(H,48,49);5-18,20-21,32-33H,4,19,22-23H2,1-3H3,(H,44,46)(H,48,49);7-8,11-18,20-21,24,26,31-32H,5-6,9-10,19,22-23H2,1-4H3,(H,42,44)(H,46,47)/t25?,27?,33-;33-;24?,26?,32-/m000/s1. The second-order valence-corrected chi connectivity index (χ2v) is 44.9. The monoisotopic (exact) mass is 2030 g/mol. The van der Waals surface area contributed by atoms with Crippen molar-refractivity contribution in [3.8, 4) is 90.8 Å². The van der Waals surface area contributed by atoms with Crippen molar-refractivity contribution in [3.05, 3.63) is 306 Å². The number of nitriles is 2. The first kappa shape index (κ1) is 104. The van der Waals surface area contributed by atoms with Crippen LogP contribution in [0.25, 0.3) is 78.7 Å². The summed E-state index contributed by atoms with van der Waals surface area (Å²) in [5.74, 6) is -1.86. The Balaban J connectivity index is 0.000000151. The van der Waals surface area contributed by atoms with Crippen LogP contribution < -0.4 is 16.0 Å². The van der Waals surface area contributed by atoms with Crippen LogP contribution in [-0.4, -0.2) is 171 Å². The Kier molecular flexibility index (Phi) is 32.5. The first-order valence-corrected chi connectivity index (χ1v) is 53.4. The molecule has 6 N–H and O–H groups in total. The van der Waals surface area contributed by atoms with Crippen molar-refractivity contribution < 1.29 is 58.5 Å². The van der Waals surface area contributed by atoms with Crippen LogP contribution in [-0.2, 0) is 70.7 Å². The molecule has 148 heavy (non-hydrogen) atoms. The number of aryl methyl sites for hydroxylation is 1. The maximum atomic E-state index is 13.5. The molecule has 6 aliphatic rings. The zero-order valence-electron chi connectivity index (χ0n) is 84.4. The van der Waals surface area contributed by atoms with Gasteiger partial charge in [-0.25, -0.2) is 29.9 Å². The molecule has 3 atom stereocenters. The molecular formula is C119H122N14O12S3. The Morgan fingerprint density at radius 3 is 0.986 bits per heavy atom. The lowest BCUT2D eigenvalue weighted by Crippen LogP contribution is -2.59. The number of nitrogens with zero attached hydrogens (tertiary/aromatic N) is 11. The minimum absolute atomic E-state index is 0.0908. The number of hydrogen-bond donors (Lipinski definition) is 6. The van der Waals surface area contributed by atoms with Crippen molar-refractivity contribution >= 4 is 87.4 Å². The van der Waals surface area contributed by atoms with Gasteiger partial charge in [0, 0.05) is 144 Å². The molecule has 7 aromatic carbocycles. The Morgan fingerprint density at radius 2 is 0.676 bits per heavy atom. The van der Waals surface area contributed by atoms with E-state index in [1.54, 1.807) is 50.5 Å². The summed E-state index contributed by atoms with van der Waals surface area (Å²) < 4.78 is 0. The summed E-state index contributed by atoms with van der Waals surface area (Å²) in [5.41, 5.74) is 16.1. The lowest BCUT2D eigenvalue weighted by atomic mass is 9.78. The highest BCUT2D eigenvalue weighted by Crippen LogP contribution is 2.50.